The van der Waals surface area contributed by atoms with Crippen LogP contribution in [0.2, 0.25) is 0 Å². The highest BCUT2D eigenvalue weighted by Gasteiger charge is 2.29. The lowest BCUT2D eigenvalue weighted by molar-refractivity contribution is -0.153. The summed E-state index contributed by atoms with van der Waals surface area (Å²) < 4.78 is 47.0. The van der Waals surface area contributed by atoms with Crippen molar-refractivity contribution in [2.24, 2.45) is 0 Å². The molecule has 1 heterocycles. The quantitative estimate of drug-likeness (QED) is 0.900. The van der Waals surface area contributed by atoms with Crippen LogP contribution in [0.25, 0.3) is 0 Å². The van der Waals surface area contributed by atoms with Crippen molar-refractivity contribution in [2.75, 3.05) is 37.8 Å². The van der Waals surface area contributed by atoms with Crippen molar-refractivity contribution in [2.45, 2.75) is 12.6 Å². The van der Waals surface area contributed by atoms with Crippen LogP contribution in [0.3, 0.4) is 0 Å². The Kier molecular flexibility index (Phi) is 5.12. The Morgan fingerprint density at radius 2 is 2.00 bits per heavy atom. The van der Waals surface area contributed by atoms with Gasteiger partial charge in [0.05, 0.1) is 19.6 Å². The number of alkyl halides is 3. The van der Waals surface area contributed by atoms with Gasteiger partial charge in [0.2, 0.25) is 0 Å². The van der Waals surface area contributed by atoms with Crippen LogP contribution >= 0.6 is 0 Å². The average Bonchev–Trinajstić information content (AvgIpc) is 2.46. The number of hydrogen-bond donors (Lipinski definition) is 1. The zero-order valence-electron chi connectivity index (χ0n) is 11.7. The van der Waals surface area contributed by atoms with Crippen molar-refractivity contribution < 1.29 is 32.5 Å². The van der Waals surface area contributed by atoms with E-state index in [1.165, 1.54) is 12.1 Å². The molecular formula is C14H16F3NO4. The first-order valence-electron chi connectivity index (χ1n) is 6.72. The Hall–Kier alpha value is -1.96. The molecule has 0 unspecified atom stereocenters. The van der Waals surface area contributed by atoms with E-state index in [0.29, 0.717) is 32.0 Å². The van der Waals surface area contributed by atoms with Gasteiger partial charge in [-0.3, -0.25) is 4.79 Å². The molecule has 1 aromatic carbocycles. The summed E-state index contributed by atoms with van der Waals surface area (Å²) in [6.45, 7) is 0.866. The molecule has 8 heteroatoms. The van der Waals surface area contributed by atoms with E-state index >= 15 is 0 Å². The van der Waals surface area contributed by atoms with Gasteiger partial charge >= 0.3 is 12.1 Å². The third-order valence-corrected chi connectivity index (χ3v) is 3.16. The average molecular weight is 319 g/mol. The fourth-order valence-electron chi connectivity index (χ4n) is 2.16. The highest BCUT2D eigenvalue weighted by Crippen LogP contribution is 2.28. The molecule has 0 aliphatic carbocycles. The summed E-state index contributed by atoms with van der Waals surface area (Å²) in [6.07, 6.45) is -4.87. The predicted octanol–water partition coefficient (Wildman–Crippen LogP) is 2.09. The van der Waals surface area contributed by atoms with E-state index in [1.807, 2.05) is 4.90 Å². The molecule has 1 fully saturated rings. The zero-order chi connectivity index (χ0) is 16.2. The molecule has 1 aliphatic rings. The van der Waals surface area contributed by atoms with Gasteiger partial charge in [0.15, 0.2) is 6.61 Å². The summed E-state index contributed by atoms with van der Waals surface area (Å²) in [5, 5.41) is 8.83. The molecular weight excluding hydrogens is 303 g/mol. The van der Waals surface area contributed by atoms with Gasteiger partial charge in [-0.1, -0.05) is 6.07 Å². The molecule has 0 spiro atoms. The summed E-state index contributed by atoms with van der Waals surface area (Å²) in [5.74, 6) is -1.18. The SMILES string of the molecule is O=C(O)Cc1ccc(N2CCOCC2)cc1OCC(F)(F)F. The van der Waals surface area contributed by atoms with Gasteiger partial charge in [0, 0.05) is 30.4 Å². The molecule has 1 N–H and O–H groups in total. The van der Waals surface area contributed by atoms with Crippen LogP contribution in [0.5, 0.6) is 5.75 Å². The largest absolute Gasteiger partial charge is 0.484 e. The standard InChI is InChI=1S/C14H16F3NO4/c15-14(16,17)9-22-12-8-11(18-3-5-21-6-4-18)2-1-10(12)7-13(19)20/h1-2,8H,3-7,9H2,(H,19,20). The molecule has 0 atom stereocenters. The van der Waals surface area contributed by atoms with Gasteiger partial charge in [0.1, 0.15) is 5.75 Å². The Labute approximate surface area is 125 Å². The Balaban J connectivity index is 2.21. The maximum Gasteiger partial charge on any atom is 0.422 e. The Morgan fingerprint density at radius 1 is 1.32 bits per heavy atom. The van der Waals surface area contributed by atoms with Crippen LogP contribution in [-0.2, 0) is 16.0 Å². The molecule has 1 aliphatic heterocycles. The zero-order valence-corrected chi connectivity index (χ0v) is 11.7. The molecule has 1 saturated heterocycles. The first-order valence-corrected chi connectivity index (χ1v) is 6.72. The van der Waals surface area contributed by atoms with Crippen LogP contribution in [0.4, 0.5) is 18.9 Å². The fraction of sp³-hybridized carbons (Fsp3) is 0.500. The minimum absolute atomic E-state index is 0.0521. The van der Waals surface area contributed by atoms with Gasteiger partial charge in [-0.15, -0.1) is 0 Å². The molecule has 0 saturated carbocycles. The number of nitrogens with zero attached hydrogens (tertiary/aromatic N) is 1. The maximum absolute atomic E-state index is 12.3. The first-order chi connectivity index (χ1) is 10.3. The number of anilines is 1. The van der Waals surface area contributed by atoms with Gasteiger partial charge in [-0.25, -0.2) is 0 Å². The van der Waals surface area contributed by atoms with Gasteiger partial charge in [0.25, 0.3) is 0 Å². The number of rotatable bonds is 5. The number of morpholine rings is 1. The van der Waals surface area contributed by atoms with Crippen molar-refractivity contribution in [3.8, 4) is 5.75 Å². The molecule has 0 bridgehead atoms. The fourth-order valence-corrected chi connectivity index (χ4v) is 2.16. The number of carbonyl (C=O) groups is 1. The topological polar surface area (TPSA) is 59.0 Å². The van der Waals surface area contributed by atoms with Crippen LogP contribution in [0.15, 0.2) is 18.2 Å². The summed E-state index contributed by atoms with van der Waals surface area (Å²) in [6, 6.07) is 4.63. The minimum Gasteiger partial charge on any atom is -0.484 e. The van der Waals surface area contributed by atoms with Crippen molar-refractivity contribution in [3.63, 3.8) is 0 Å². The number of aliphatic carboxylic acids is 1. The van der Waals surface area contributed by atoms with E-state index in [4.69, 9.17) is 14.6 Å². The molecule has 122 valence electrons. The monoisotopic (exact) mass is 319 g/mol. The summed E-state index contributed by atoms with van der Waals surface area (Å²) in [5.41, 5.74) is 0.906. The maximum atomic E-state index is 12.3. The summed E-state index contributed by atoms with van der Waals surface area (Å²) >= 11 is 0. The van der Waals surface area contributed by atoms with Gasteiger partial charge in [-0.2, -0.15) is 13.2 Å². The molecule has 0 aromatic heterocycles. The number of hydrogen-bond acceptors (Lipinski definition) is 4. The van der Waals surface area contributed by atoms with Gasteiger partial charge in [-0.05, 0) is 6.07 Å². The molecule has 2 rings (SSSR count). The van der Waals surface area contributed by atoms with E-state index in [-0.39, 0.29) is 11.3 Å². The van der Waals surface area contributed by atoms with E-state index in [9.17, 15) is 18.0 Å². The van der Waals surface area contributed by atoms with Crippen molar-refractivity contribution in [3.05, 3.63) is 23.8 Å². The summed E-state index contributed by atoms with van der Waals surface area (Å²) in [7, 11) is 0. The number of halogens is 3. The number of ether oxygens (including phenoxy) is 2. The van der Waals surface area contributed by atoms with Crippen LogP contribution in [0, 0.1) is 0 Å². The van der Waals surface area contributed by atoms with Crippen LogP contribution in [0.1, 0.15) is 5.56 Å². The first kappa shape index (κ1) is 16.4. The lowest BCUT2D eigenvalue weighted by Gasteiger charge is -2.29. The molecule has 22 heavy (non-hydrogen) atoms. The van der Waals surface area contributed by atoms with Crippen molar-refractivity contribution >= 4 is 11.7 Å². The minimum atomic E-state index is -4.48. The lowest BCUT2D eigenvalue weighted by Crippen LogP contribution is -2.36. The van der Waals surface area contributed by atoms with E-state index < -0.39 is 25.2 Å². The molecule has 1 aromatic rings. The highest BCUT2D eigenvalue weighted by molar-refractivity contribution is 5.72. The second kappa shape index (κ2) is 6.87. The smallest absolute Gasteiger partial charge is 0.422 e. The number of benzene rings is 1. The third-order valence-electron chi connectivity index (χ3n) is 3.16. The van der Waals surface area contributed by atoms with Crippen molar-refractivity contribution in [1.82, 2.24) is 0 Å². The Morgan fingerprint density at radius 3 is 2.59 bits per heavy atom. The Bertz CT molecular complexity index is 527. The molecule has 0 amide bonds. The highest BCUT2D eigenvalue weighted by atomic mass is 19.4. The van der Waals surface area contributed by atoms with Crippen molar-refractivity contribution in [1.29, 1.82) is 0 Å². The van der Waals surface area contributed by atoms with Gasteiger partial charge < -0.3 is 19.5 Å². The molecule has 5 nitrogen and oxygen atoms in total. The number of carboxylic acids is 1. The van der Waals surface area contributed by atoms with Crippen LogP contribution < -0.4 is 9.64 Å². The second-order valence-corrected chi connectivity index (χ2v) is 4.87. The second-order valence-electron chi connectivity index (χ2n) is 4.87. The number of carboxylic acid groups (broad SMARTS) is 1. The van der Waals surface area contributed by atoms with E-state index in [0.717, 1.165) is 0 Å². The van der Waals surface area contributed by atoms with E-state index in [1.54, 1.807) is 6.07 Å². The van der Waals surface area contributed by atoms with Crippen LogP contribution in [-0.4, -0.2) is 50.2 Å². The predicted molar refractivity (Wildman–Crippen MR) is 72.4 cm³/mol. The molecule has 0 radical (unpaired) electrons. The lowest BCUT2D eigenvalue weighted by atomic mass is 10.1. The summed E-state index contributed by atoms with van der Waals surface area (Å²) in [4.78, 5) is 12.8. The normalized spacial score (nSPS) is 15.7. The van der Waals surface area contributed by atoms with E-state index in [2.05, 4.69) is 0 Å². The third kappa shape index (κ3) is 4.80.